The van der Waals surface area contributed by atoms with Crippen LogP contribution in [0.1, 0.15) is 44.7 Å². The number of nitriles is 1. The minimum Gasteiger partial charge on any atom is -0.493 e. The fourth-order valence-corrected chi connectivity index (χ4v) is 5.84. The molecule has 2 heterocycles. The van der Waals surface area contributed by atoms with E-state index in [0.29, 0.717) is 38.7 Å². The van der Waals surface area contributed by atoms with Crippen LogP contribution in [0.5, 0.6) is 23.0 Å². The third-order valence-electron chi connectivity index (χ3n) is 6.41. The van der Waals surface area contributed by atoms with Gasteiger partial charge in [-0.2, -0.15) is 5.26 Å². The number of nitrogens with two attached hydrogens (primary N) is 1. The van der Waals surface area contributed by atoms with Crippen LogP contribution in [0.3, 0.4) is 0 Å². The molecule has 3 aromatic rings. The predicted molar refractivity (Wildman–Crippen MR) is 160 cm³/mol. The SMILES string of the molecule is COC(=O)C1=c2s/c(=C/c3ccc(OC(C)C)c(OC)c3)c(=O)n2C(N)=C(C#N)[C@@H]1c1ccc(OC(C)C)c(OC)c1. The number of benzene rings is 2. The van der Waals surface area contributed by atoms with Crippen LogP contribution in [0, 0.1) is 11.3 Å². The van der Waals surface area contributed by atoms with E-state index < -0.39 is 17.4 Å². The summed E-state index contributed by atoms with van der Waals surface area (Å²) in [5, 5.41) is 10.2. The van der Waals surface area contributed by atoms with Crippen LogP contribution in [0.25, 0.3) is 17.5 Å². The number of methoxy groups -OCH3 is 3. The number of thiazole rings is 1. The van der Waals surface area contributed by atoms with Crippen molar-refractivity contribution in [3.8, 4) is 29.1 Å². The Morgan fingerprint density at radius 1 is 0.976 bits per heavy atom. The van der Waals surface area contributed by atoms with Crippen molar-refractivity contribution >= 4 is 34.8 Å². The number of nitrogens with zero attached hydrogens (tertiary/aromatic N) is 2. The van der Waals surface area contributed by atoms with Gasteiger partial charge in [-0.1, -0.05) is 12.1 Å². The Morgan fingerprint density at radius 2 is 1.57 bits per heavy atom. The maximum absolute atomic E-state index is 13.7. The number of ether oxygens (including phenoxy) is 5. The van der Waals surface area contributed by atoms with Gasteiger partial charge in [0.1, 0.15) is 10.5 Å². The molecule has 1 atom stereocenters. The highest BCUT2D eigenvalue weighted by atomic mass is 32.1. The standard InChI is InChI=1S/C31H33N3O7S/c1-16(2)40-21-10-8-18(12-23(21)37-5)13-25-29(35)34-28(33)20(15-32)26(27(30(34)42-25)31(36)39-7)19-9-11-22(41-17(3)4)24(14-19)38-6/h8-14,16-17,26H,33H2,1-7H3/b25-13+/t26-/m0/s1. The molecule has 2 N–H and O–H groups in total. The summed E-state index contributed by atoms with van der Waals surface area (Å²) in [7, 11) is 4.29. The van der Waals surface area contributed by atoms with Gasteiger partial charge in [0.2, 0.25) is 0 Å². The first kappa shape index (κ1) is 30.3. The van der Waals surface area contributed by atoms with Crippen LogP contribution in [0.4, 0.5) is 0 Å². The van der Waals surface area contributed by atoms with Crippen molar-refractivity contribution in [1.29, 1.82) is 5.26 Å². The fraction of sp³-hybridized carbons (Fsp3) is 0.323. The first-order valence-electron chi connectivity index (χ1n) is 13.2. The molecule has 0 spiro atoms. The zero-order valence-electron chi connectivity index (χ0n) is 24.5. The van der Waals surface area contributed by atoms with E-state index in [4.69, 9.17) is 29.4 Å². The summed E-state index contributed by atoms with van der Waals surface area (Å²) in [6.45, 7) is 7.61. The summed E-state index contributed by atoms with van der Waals surface area (Å²) >= 11 is 1.08. The maximum Gasteiger partial charge on any atom is 0.337 e. The molecule has 10 nitrogen and oxygen atoms in total. The summed E-state index contributed by atoms with van der Waals surface area (Å²) in [4.78, 5) is 27.0. The minimum absolute atomic E-state index is 0.0331. The van der Waals surface area contributed by atoms with Crippen LogP contribution < -0.4 is 39.4 Å². The second-order valence-corrected chi connectivity index (χ2v) is 11.0. The summed E-state index contributed by atoms with van der Waals surface area (Å²) in [6.07, 6.45) is 1.52. The van der Waals surface area contributed by atoms with E-state index in [0.717, 1.165) is 11.3 Å². The summed E-state index contributed by atoms with van der Waals surface area (Å²) in [5.74, 6) is 0.331. The highest BCUT2D eigenvalue weighted by molar-refractivity contribution is 7.07. The minimum atomic E-state index is -0.914. The summed E-state index contributed by atoms with van der Waals surface area (Å²) in [6, 6.07) is 12.6. The van der Waals surface area contributed by atoms with Crippen molar-refractivity contribution in [2.75, 3.05) is 21.3 Å². The molecule has 0 aliphatic carbocycles. The topological polar surface area (TPSA) is 135 Å². The Morgan fingerprint density at radius 3 is 2.12 bits per heavy atom. The molecule has 0 saturated heterocycles. The lowest BCUT2D eigenvalue weighted by molar-refractivity contribution is -0.134. The molecule has 42 heavy (non-hydrogen) atoms. The van der Waals surface area contributed by atoms with Gasteiger partial charge in [0, 0.05) is 0 Å². The summed E-state index contributed by atoms with van der Waals surface area (Å²) < 4.78 is 29.6. The Labute approximate surface area is 247 Å². The lowest BCUT2D eigenvalue weighted by Crippen LogP contribution is -2.40. The van der Waals surface area contributed by atoms with Gasteiger partial charge >= 0.3 is 5.97 Å². The van der Waals surface area contributed by atoms with Crippen LogP contribution in [0.15, 0.2) is 46.8 Å². The van der Waals surface area contributed by atoms with Crippen molar-refractivity contribution in [1.82, 2.24) is 4.57 Å². The number of fused-ring (bicyclic) bond motifs is 1. The van der Waals surface area contributed by atoms with Gasteiger partial charge in [-0.05, 0) is 69.2 Å². The molecule has 2 aromatic carbocycles. The van der Waals surface area contributed by atoms with Crippen LogP contribution >= 0.6 is 11.3 Å². The van der Waals surface area contributed by atoms with E-state index in [1.165, 1.54) is 25.9 Å². The van der Waals surface area contributed by atoms with Gasteiger partial charge in [0.05, 0.1) is 61.2 Å². The average Bonchev–Trinajstić information content (AvgIpc) is 3.28. The smallest absolute Gasteiger partial charge is 0.337 e. The lowest BCUT2D eigenvalue weighted by Gasteiger charge is -2.25. The molecular weight excluding hydrogens is 558 g/mol. The number of aromatic nitrogens is 1. The van der Waals surface area contributed by atoms with Crippen molar-refractivity contribution in [2.24, 2.45) is 5.73 Å². The lowest BCUT2D eigenvalue weighted by atomic mass is 9.83. The van der Waals surface area contributed by atoms with Crippen LogP contribution in [-0.2, 0) is 9.53 Å². The van der Waals surface area contributed by atoms with Gasteiger partial charge < -0.3 is 29.4 Å². The van der Waals surface area contributed by atoms with Gasteiger partial charge in [-0.3, -0.25) is 9.36 Å². The Hall–Kier alpha value is -4.69. The average molecular weight is 592 g/mol. The van der Waals surface area contributed by atoms with E-state index >= 15 is 0 Å². The molecule has 0 unspecified atom stereocenters. The third kappa shape index (κ3) is 5.71. The summed E-state index contributed by atoms with van der Waals surface area (Å²) in [5.41, 5.74) is 7.37. The number of carbonyl (C=O) groups excluding carboxylic acids is 1. The third-order valence-corrected chi connectivity index (χ3v) is 7.51. The molecule has 1 aromatic heterocycles. The number of allylic oxidation sites excluding steroid dienone is 1. The van der Waals surface area contributed by atoms with E-state index in [9.17, 15) is 14.9 Å². The van der Waals surface area contributed by atoms with Crippen molar-refractivity contribution in [3.63, 3.8) is 0 Å². The Balaban J connectivity index is 1.98. The zero-order chi connectivity index (χ0) is 30.7. The molecule has 0 bridgehead atoms. The quantitative estimate of drug-likeness (QED) is 0.373. The molecular formula is C31H33N3O7S. The van der Waals surface area contributed by atoms with Crippen molar-refractivity contribution in [2.45, 2.75) is 45.8 Å². The largest absolute Gasteiger partial charge is 0.493 e. The molecule has 0 fully saturated rings. The van der Waals surface area contributed by atoms with Gasteiger partial charge in [0.15, 0.2) is 23.0 Å². The second kappa shape index (κ2) is 12.4. The molecule has 0 amide bonds. The highest BCUT2D eigenvalue weighted by Gasteiger charge is 2.36. The number of rotatable bonds is 9. The Bertz CT molecular complexity index is 1780. The van der Waals surface area contributed by atoms with E-state index in [2.05, 4.69) is 6.07 Å². The van der Waals surface area contributed by atoms with Gasteiger partial charge in [0.25, 0.3) is 5.56 Å². The van der Waals surface area contributed by atoms with Gasteiger partial charge in [-0.15, -0.1) is 11.3 Å². The zero-order valence-corrected chi connectivity index (χ0v) is 25.3. The normalized spacial score (nSPS) is 15.0. The van der Waals surface area contributed by atoms with Crippen LogP contribution in [-0.4, -0.2) is 44.1 Å². The van der Waals surface area contributed by atoms with Gasteiger partial charge in [-0.25, -0.2) is 4.79 Å². The van der Waals surface area contributed by atoms with E-state index in [1.54, 1.807) is 42.5 Å². The van der Waals surface area contributed by atoms with Crippen LogP contribution in [0.2, 0.25) is 0 Å². The predicted octanol–water partition coefficient (Wildman–Crippen LogP) is 3.10. The maximum atomic E-state index is 13.7. The molecule has 1 aliphatic rings. The number of hydrogen-bond donors (Lipinski definition) is 1. The van der Waals surface area contributed by atoms with E-state index in [1.807, 2.05) is 27.7 Å². The second-order valence-electron chi connectivity index (χ2n) is 9.96. The van der Waals surface area contributed by atoms with Crippen molar-refractivity contribution < 1.29 is 28.5 Å². The number of carbonyl (C=O) groups is 1. The van der Waals surface area contributed by atoms with E-state index in [-0.39, 0.29) is 33.8 Å². The number of esters is 1. The molecule has 1 aliphatic heterocycles. The molecule has 220 valence electrons. The molecule has 11 heteroatoms. The van der Waals surface area contributed by atoms with Crippen molar-refractivity contribution in [3.05, 3.63) is 72.6 Å². The monoisotopic (exact) mass is 591 g/mol. The first-order chi connectivity index (χ1) is 20.0. The first-order valence-corrected chi connectivity index (χ1v) is 14.0. The molecule has 4 rings (SSSR count). The molecule has 0 saturated carbocycles. The number of hydrogen-bond acceptors (Lipinski definition) is 10. The highest BCUT2D eigenvalue weighted by Crippen LogP contribution is 2.40. The fourth-order valence-electron chi connectivity index (χ4n) is 4.68. The molecule has 0 radical (unpaired) electrons. The Kier molecular flexibility index (Phi) is 8.97.